The summed E-state index contributed by atoms with van der Waals surface area (Å²) in [5, 5.41) is 0. The van der Waals surface area contributed by atoms with E-state index in [0.717, 1.165) is 63.0 Å². The largest absolute Gasteiger partial charge is 0.330 e. The summed E-state index contributed by atoms with van der Waals surface area (Å²) in [7, 11) is 0. The van der Waals surface area contributed by atoms with Crippen molar-refractivity contribution in [2.24, 2.45) is 11.5 Å². The highest BCUT2D eigenvalue weighted by Crippen LogP contribution is 2.06. The summed E-state index contributed by atoms with van der Waals surface area (Å²) >= 11 is 0. The molecule has 0 radical (unpaired) electrons. The second-order valence-electron chi connectivity index (χ2n) is 4.70. The summed E-state index contributed by atoms with van der Waals surface area (Å²) in [5.74, 6) is 0. The minimum Gasteiger partial charge on any atom is -0.330 e. The Morgan fingerprint density at radius 2 is 1.05 bits per heavy atom. The quantitative estimate of drug-likeness (QED) is 0.649. The maximum absolute atomic E-state index is 5.46. The Morgan fingerprint density at radius 1 is 0.650 bits per heavy atom. The fourth-order valence-corrected chi connectivity index (χ4v) is 1.89. The Bertz CT molecular complexity index is 276. The molecule has 0 atom stereocenters. The number of nitrogens with zero attached hydrogens (tertiary/aromatic N) is 2. The highest BCUT2D eigenvalue weighted by atomic mass is 35.5. The Morgan fingerprint density at radius 3 is 1.35 bits per heavy atom. The molecule has 6 heteroatoms. The first-order valence-electron chi connectivity index (χ1n) is 7.06. The fraction of sp³-hybridized carbons (Fsp3) is 0.714. The zero-order valence-electron chi connectivity index (χ0n) is 12.1. The summed E-state index contributed by atoms with van der Waals surface area (Å²) in [6, 6.07) is 0. The van der Waals surface area contributed by atoms with Crippen LogP contribution in [0.2, 0.25) is 0 Å². The molecule has 0 saturated heterocycles. The highest BCUT2D eigenvalue weighted by molar-refractivity contribution is 5.85. The SMILES string of the molecule is Cl.Cl.NCCCCCc1cnc(CCCCCN)cn1. The van der Waals surface area contributed by atoms with Crippen molar-refractivity contribution in [3.05, 3.63) is 23.8 Å². The number of nitrogens with two attached hydrogens (primary N) is 2. The molecule has 0 fully saturated rings. The molecular formula is C14H28Cl2N4. The lowest BCUT2D eigenvalue weighted by Gasteiger charge is -2.03. The molecule has 4 N–H and O–H groups in total. The zero-order valence-corrected chi connectivity index (χ0v) is 13.7. The van der Waals surface area contributed by atoms with Gasteiger partial charge in [0.25, 0.3) is 0 Å². The van der Waals surface area contributed by atoms with E-state index in [9.17, 15) is 0 Å². The molecule has 0 saturated carbocycles. The average molecular weight is 323 g/mol. The molecule has 4 nitrogen and oxygen atoms in total. The number of aromatic nitrogens is 2. The van der Waals surface area contributed by atoms with Crippen molar-refractivity contribution in [3.8, 4) is 0 Å². The van der Waals surface area contributed by atoms with Crippen LogP contribution in [-0.4, -0.2) is 23.1 Å². The number of hydrogen-bond acceptors (Lipinski definition) is 4. The predicted octanol–water partition coefficient (Wildman–Crippen LogP) is 2.66. The molecule has 0 spiro atoms. The van der Waals surface area contributed by atoms with E-state index in [1.807, 2.05) is 12.4 Å². The van der Waals surface area contributed by atoms with Crippen molar-refractivity contribution in [3.63, 3.8) is 0 Å². The van der Waals surface area contributed by atoms with Crippen LogP contribution in [0.5, 0.6) is 0 Å². The molecule has 0 aliphatic rings. The molecule has 1 aromatic heterocycles. The topological polar surface area (TPSA) is 77.8 Å². The van der Waals surface area contributed by atoms with Crippen molar-refractivity contribution >= 4 is 24.8 Å². The Balaban J connectivity index is 0. The Labute approximate surface area is 135 Å². The van der Waals surface area contributed by atoms with Crippen LogP contribution in [0.1, 0.15) is 49.9 Å². The van der Waals surface area contributed by atoms with Crippen molar-refractivity contribution in [1.82, 2.24) is 9.97 Å². The van der Waals surface area contributed by atoms with Crippen molar-refractivity contribution in [1.29, 1.82) is 0 Å². The normalized spacial score (nSPS) is 9.70. The summed E-state index contributed by atoms with van der Waals surface area (Å²) in [6.07, 6.45) is 12.7. The van der Waals surface area contributed by atoms with Crippen molar-refractivity contribution in [2.45, 2.75) is 51.4 Å². The van der Waals surface area contributed by atoms with E-state index in [4.69, 9.17) is 11.5 Å². The molecule has 0 aliphatic heterocycles. The van der Waals surface area contributed by atoms with E-state index in [2.05, 4.69) is 9.97 Å². The van der Waals surface area contributed by atoms with Crippen LogP contribution in [0.4, 0.5) is 0 Å². The zero-order chi connectivity index (χ0) is 13.1. The molecule has 0 bridgehead atoms. The van der Waals surface area contributed by atoms with E-state index in [0.29, 0.717) is 0 Å². The second-order valence-corrected chi connectivity index (χ2v) is 4.70. The van der Waals surface area contributed by atoms with Gasteiger partial charge in [-0.1, -0.05) is 12.8 Å². The minimum absolute atomic E-state index is 0. The van der Waals surface area contributed by atoms with Gasteiger partial charge in [-0.3, -0.25) is 9.97 Å². The molecule has 0 aromatic carbocycles. The van der Waals surface area contributed by atoms with Gasteiger partial charge in [-0.15, -0.1) is 24.8 Å². The lowest BCUT2D eigenvalue weighted by molar-refractivity contribution is 0.666. The van der Waals surface area contributed by atoms with Gasteiger partial charge in [-0.25, -0.2) is 0 Å². The van der Waals surface area contributed by atoms with Gasteiger partial charge in [0.05, 0.1) is 11.4 Å². The van der Waals surface area contributed by atoms with E-state index >= 15 is 0 Å². The third kappa shape index (κ3) is 10.4. The van der Waals surface area contributed by atoms with Crippen LogP contribution >= 0.6 is 24.8 Å². The van der Waals surface area contributed by atoms with Crippen LogP contribution < -0.4 is 11.5 Å². The maximum atomic E-state index is 5.46. The number of aryl methyl sites for hydroxylation is 2. The predicted molar refractivity (Wildman–Crippen MR) is 89.7 cm³/mol. The van der Waals surface area contributed by atoms with Crippen LogP contribution in [0.25, 0.3) is 0 Å². The number of halogens is 2. The molecule has 0 aliphatic carbocycles. The van der Waals surface area contributed by atoms with Crippen LogP contribution in [0.15, 0.2) is 12.4 Å². The Kier molecular flexibility index (Phi) is 16.4. The first-order chi connectivity index (χ1) is 8.86. The smallest absolute Gasteiger partial charge is 0.0586 e. The maximum Gasteiger partial charge on any atom is 0.0586 e. The second kappa shape index (κ2) is 15.0. The number of hydrogen-bond donors (Lipinski definition) is 2. The van der Waals surface area contributed by atoms with E-state index in [1.165, 1.54) is 12.8 Å². The van der Waals surface area contributed by atoms with E-state index < -0.39 is 0 Å². The van der Waals surface area contributed by atoms with Gasteiger partial charge in [0.2, 0.25) is 0 Å². The Hall–Kier alpha value is -0.420. The van der Waals surface area contributed by atoms with E-state index in [-0.39, 0.29) is 24.8 Å². The molecule has 20 heavy (non-hydrogen) atoms. The van der Waals surface area contributed by atoms with Gasteiger partial charge in [0.15, 0.2) is 0 Å². The van der Waals surface area contributed by atoms with Crippen LogP contribution in [0, 0.1) is 0 Å². The summed E-state index contributed by atoms with van der Waals surface area (Å²) < 4.78 is 0. The van der Waals surface area contributed by atoms with Crippen molar-refractivity contribution < 1.29 is 0 Å². The van der Waals surface area contributed by atoms with Crippen molar-refractivity contribution in [2.75, 3.05) is 13.1 Å². The lowest BCUT2D eigenvalue weighted by atomic mass is 10.1. The van der Waals surface area contributed by atoms with Gasteiger partial charge in [-0.2, -0.15) is 0 Å². The van der Waals surface area contributed by atoms with Gasteiger partial charge in [-0.05, 0) is 51.6 Å². The monoisotopic (exact) mass is 322 g/mol. The first kappa shape index (κ1) is 21.9. The third-order valence-electron chi connectivity index (χ3n) is 3.03. The minimum atomic E-state index is 0. The average Bonchev–Trinajstić information content (AvgIpc) is 2.41. The molecule has 0 amide bonds. The van der Waals surface area contributed by atoms with Gasteiger partial charge < -0.3 is 11.5 Å². The highest BCUT2D eigenvalue weighted by Gasteiger charge is 1.98. The summed E-state index contributed by atoms with van der Waals surface area (Å²) in [4.78, 5) is 8.91. The third-order valence-corrected chi connectivity index (χ3v) is 3.03. The standard InChI is InChI=1S/C14H26N4.2ClH/c15-9-5-1-3-7-13-11-18-14(12-17-13)8-4-2-6-10-16;;/h11-12H,1-10,15-16H2;2*1H. The first-order valence-corrected chi connectivity index (χ1v) is 7.06. The molecular weight excluding hydrogens is 295 g/mol. The molecule has 1 heterocycles. The van der Waals surface area contributed by atoms with Gasteiger partial charge in [0.1, 0.15) is 0 Å². The van der Waals surface area contributed by atoms with E-state index in [1.54, 1.807) is 0 Å². The summed E-state index contributed by atoms with van der Waals surface area (Å²) in [5.41, 5.74) is 13.1. The number of rotatable bonds is 10. The fourth-order valence-electron chi connectivity index (χ4n) is 1.89. The summed E-state index contributed by atoms with van der Waals surface area (Å²) in [6.45, 7) is 1.57. The van der Waals surface area contributed by atoms with Gasteiger partial charge >= 0.3 is 0 Å². The molecule has 0 unspecified atom stereocenters. The molecule has 118 valence electrons. The van der Waals surface area contributed by atoms with Crippen LogP contribution in [-0.2, 0) is 12.8 Å². The lowest BCUT2D eigenvalue weighted by Crippen LogP contribution is -2.00. The number of unbranched alkanes of at least 4 members (excludes halogenated alkanes) is 4. The van der Waals surface area contributed by atoms with Gasteiger partial charge in [0, 0.05) is 12.4 Å². The molecule has 1 aromatic rings. The van der Waals surface area contributed by atoms with Crippen LogP contribution in [0.3, 0.4) is 0 Å². The molecule has 1 rings (SSSR count).